The van der Waals surface area contributed by atoms with E-state index in [0.717, 1.165) is 36.4 Å². The van der Waals surface area contributed by atoms with Crippen LogP contribution >= 0.6 is 0 Å². The third kappa shape index (κ3) is 2.69. The van der Waals surface area contributed by atoms with E-state index in [1.165, 1.54) is 0 Å². The zero-order valence-corrected chi connectivity index (χ0v) is 12.0. The van der Waals surface area contributed by atoms with Crippen LogP contribution in [0.1, 0.15) is 18.4 Å². The van der Waals surface area contributed by atoms with Crippen LogP contribution in [0.25, 0.3) is 0 Å². The predicted molar refractivity (Wildman–Crippen MR) is 74.6 cm³/mol. The highest BCUT2D eigenvalue weighted by molar-refractivity contribution is 5.54. The van der Waals surface area contributed by atoms with Gasteiger partial charge in [0.2, 0.25) is 5.75 Å². The summed E-state index contributed by atoms with van der Waals surface area (Å²) in [4.78, 5) is 0. The fourth-order valence-corrected chi connectivity index (χ4v) is 2.62. The summed E-state index contributed by atoms with van der Waals surface area (Å²) in [6.07, 6.45) is 2.58. The van der Waals surface area contributed by atoms with Crippen molar-refractivity contribution in [3.63, 3.8) is 0 Å². The molecule has 110 valence electrons. The van der Waals surface area contributed by atoms with Crippen LogP contribution in [0.3, 0.4) is 0 Å². The molecule has 0 radical (unpaired) electrons. The van der Waals surface area contributed by atoms with Gasteiger partial charge in [-0.25, -0.2) is 0 Å². The first-order valence-corrected chi connectivity index (χ1v) is 7.03. The van der Waals surface area contributed by atoms with Crippen molar-refractivity contribution in [1.29, 1.82) is 0 Å². The number of hydrogen-bond donors (Lipinski definition) is 1. The number of ether oxygens (including phenoxy) is 4. The maximum absolute atomic E-state index is 5.64. The first kappa shape index (κ1) is 13.5. The highest BCUT2D eigenvalue weighted by Crippen LogP contribution is 2.40. The summed E-state index contributed by atoms with van der Waals surface area (Å²) in [5, 5.41) is 3.53. The van der Waals surface area contributed by atoms with Crippen LogP contribution in [0.2, 0.25) is 0 Å². The number of nitrogens with one attached hydrogen (secondary N) is 1. The second-order valence-electron chi connectivity index (χ2n) is 5.23. The number of rotatable bonds is 5. The molecule has 0 unspecified atom stereocenters. The third-order valence-corrected chi connectivity index (χ3v) is 3.91. The van der Waals surface area contributed by atoms with Gasteiger partial charge in [0, 0.05) is 19.7 Å². The van der Waals surface area contributed by atoms with Crippen molar-refractivity contribution in [2.45, 2.75) is 31.5 Å². The number of benzene rings is 1. The van der Waals surface area contributed by atoms with Crippen LogP contribution in [-0.2, 0) is 11.3 Å². The lowest BCUT2D eigenvalue weighted by Crippen LogP contribution is -2.44. The molecule has 0 saturated heterocycles. The molecule has 1 aromatic carbocycles. The lowest BCUT2D eigenvalue weighted by Gasteiger charge is -2.35. The van der Waals surface area contributed by atoms with E-state index in [-0.39, 0.29) is 0 Å². The number of methoxy groups -OCH3 is 2. The molecule has 0 amide bonds. The van der Waals surface area contributed by atoms with Crippen molar-refractivity contribution in [2.75, 3.05) is 27.4 Å². The maximum atomic E-state index is 5.64. The van der Waals surface area contributed by atoms with Gasteiger partial charge in [0.25, 0.3) is 0 Å². The highest BCUT2D eigenvalue weighted by atomic mass is 16.6. The van der Waals surface area contributed by atoms with Gasteiger partial charge in [-0.1, -0.05) is 0 Å². The standard InChI is InChI=1S/C15H21NO4/c1-17-12-7-11(8-12)16-9-10-5-13(18-2)15-14(6-10)19-3-4-20-15/h5-6,11-12,16H,3-4,7-9H2,1-2H3. The minimum atomic E-state index is 0.419. The lowest BCUT2D eigenvalue weighted by atomic mass is 9.89. The summed E-state index contributed by atoms with van der Waals surface area (Å²) in [7, 11) is 3.42. The van der Waals surface area contributed by atoms with Crippen molar-refractivity contribution >= 4 is 0 Å². The van der Waals surface area contributed by atoms with Crippen LogP contribution in [0.4, 0.5) is 0 Å². The number of fused-ring (bicyclic) bond motifs is 1. The molecule has 2 aliphatic rings. The Morgan fingerprint density at radius 3 is 2.75 bits per heavy atom. The van der Waals surface area contributed by atoms with E-state index in [9.17, 15) is 0 Å². The topological polar surface area (TPSA) is 49.0 Å². The molecular weight excluding hydrogens is 258 g/mol. The smallest absolute Gasteiger partial charge is 0.203 e. The van der Waals surface area contributed by atoms with Gasteiger partial charge in [0.05, 0.1) is 13.2 Å². The van der Waals surface area contributed by atoms with E-state index >= 15 is 0 Å². The van der Waals surface area contributed by atoms with Crippen molar-refractivity contribution in [3.05, 3.63) is 17.7 Å². The van der Waals surface area contributed by atoms with Crippen LogP contribution in [0, 0.1) is 0 Å². The van der Waals surface area contributed by atoms with Crippen LogP contribution in [-0.4, -0.2) is 39.6 Å². The first-order chi connectivity index (χ1) is 9.80. The molecule has 0 spiro atoms. The Balaban J connectivity index is 1.64. The summed E-state index contributed by atoms with van der Waals surface area (Å²) in [5.41, 5.74) is 1.15. The summed E-state index contributed by atoms with van der Waals surface area (Å²) >= 11 is 0. The Morgan fingerprint density at radius 2 is 2.00 bits per heavy atom. The van der Waals surface area contributed by atoms with Crippen LogP contribution < -0.4 is 19.5 Å². The fraction of sp³-hybridized carbons (Fsp3) is 0.600. The Hall–Kier alpha value is -1.46. The molecule has 1 aromatic rings. The van der Waals surface area contributed by atoms with Gasteiger partial charge in [-0.2, -0.15) is 0 Å². The van der Waals surface area contributed by atoms with E-state index in [1.54, 1.807) is 14.2 Å². The molecule has 20 heavy (non-hydrogen) atoms. The van der Waals surface area contributed by atoms with E-state index in [0.29, 0.717) is 31.1 Å². The summed E-state index contributed by atoms with van der Waals surface area (Å²) in [5.74, 6) is 2.23. The highest BCUT2D eigenvalue weighted by Gasteiger charge is 2.28. The van der Waals surface area contributed by atoms with Gasteiger partial charge in [-0.05, 0) is 30.5 Å². The second-order valence-corrected chi connectivity index (χ2v) is 5.23. The quantitative estimate of drug-likeness (QED) is 0.889. The molecule has 1 N–H and O–H groups in total. The second kappa shape index (κ2) is 5.89. The Labute approximate surface area is 119 Å². The molecule has 1 aliphatic carbocycles. The van der Waals surface area contributed by atoms with E-state index in [2.05, 4.69) is 5.32 Å². The molecule has 1 heterocycles. The van der Waals surface area contributed by atoms with Crippen molar-refractivity contribution in [3.8, 4) is 17.2 Å². The molecule has 0 bridgehead atoms. The van der Waals surface area contributed by atoms with Gasteiger partial charge in [-0.15, -0.1) is 0 Å². The average Bonchev–Trinajstić information content (AvgIpc) is 2.45. The SMILES string of the molecule is COc1cc(CNC2CC(OC)C2)cc2c1OCCO2. The van der Waals surface area contributed by atoms with Crippen LogP contribution in [0.5, 0.6) is 17.2 Å². The molecule has 3 rings (SSSR count). The Morgan fingerprint density at radius 1 is 1.20 bits per heavy atom. The lowest BCUT2D eigenvalue weighted by molar-refractivity contribution is 0.0170. The molecule has 0 atom stereocenters. The maximum Gasteiger partial charge on any atom is 0.203 e. The normalized spacial score (nSPS) is 24.1. The van der Waals surface area contributed by atoms with Crippen molar-refractivity contribution < 1.29 is 18.9 Å². The zero-order valence-electron chi connectivity index (χ0n) is 12.0. The largest absolute Gasteiger partial charge is 0.493 e. The minimum absolute atomic E-state index is 0.419. The Bertz CT molecular complexity index is 454. The van der Waals surface area contributed by atoms with E-state index in [4.69, 9.17) is 18.9 Å². The van der Waals surface area contributed by atoms with Crippen LogP contribution in [0.15, 0.2) is 12.1 Å². The fourth-order valence-electron chi connectivity index (χ4n) is 2.62. The van der Waals surface area contributed by atoms with Gasteiger partial charge < -0.3 is 24.3 Å². The minimum Gasteiger partial charge on any atom is -0.493 e. The van der Waals surface area contributed by atoms with Gasteiger partial charge in [-0.3, -0.25) is 0 Å². The first-order valence-electron chi connectivity index (χ1n) is 7.03. The zero-order chi connectivity index (χ0) is 13.9. The molecule has 1 aliphatic heterocycles. The monoisotopic (exact) mass is 279 g/mol. The summed E-state index contributed by atoms with van der Waals surface area (Å²) < 4.78 is 21.9. The van der Waals surface area contributed by atoms with Crippen molar-refractivity contribution in [2.24, 2.45) is 0 Å². The average molecular weight is 279 g/mol. The van der Waals surface area contributed by atoms with Crippen molar-refractivity contribution in [1.82, 2.24) is 5.32 Å². The third-order valence-electron chi connectivity index (χ3n) is 3.91. The predicted octanol–water partition coefficient (Wildman–Crippen LogP) is 1.73. The molecule has 1 saturated carbocycles. The molecule has 5 nitrogen and oxygen atoms in total. The molecular formula is C15H21NO4. The van der Waals surface area contributed by atoms with Gasteiger partial charge >= 0.3 is 0 Å². The molecule has 1 fully saturated rings. The molecule has 5 heteroatoms. The van der Waals surface area contributed by atoms with Gasteiger partial charge in [0.1, 0.15) is 13.2 Å². The summed E-state index contributed by atoms with van der Waals surface area (Å²) in [6.45, 7) is 1.96. The van der Waals surface area contributed by atoms with E-state index < -0.39 is 0 Å². The number of hydrogen-bond acceptors (Lipinski definition) is 5. The van der Waals surface area contributed by atoms with Gasteiger partial charge in [0.15, 0.2) is 11.5 Å². The Kier molecular flexibility index (Phi) is 3.98. The molecule has 0 aromatic heterocycles. The summed E-state index contributed by atoms with van der Waals surface area (Å²) in [6, 6.07) is 4.57. The van der Waals surface area contributed by atoms with E-state index in [1.807, 2.05) is 12.1 Å².